The number of nitrogens with one attached hydrogen (secondary N) is 1. The molecular weight excluding hydrogens is 358 g/mol. The molecule has 1 aliphatic heterocycles. The first-order valence-corrected chi connectivity index (χ1v) is 9.37. The maximum Gasteiger partial charge on any atom is 0.260 e. The Hall–Kier alpha value is -3.09. The molecule has 0 spiro atoms. The Balaban J connectivity index is 1.41. The van der Waals surface area contributed by atoms with Gasteiger partial charge in [0.15, 0.2) is 18.1 Å². The van der Waals surface area contributed by atoms with Crippen molar-refractivity contribution >= 4 is 11.8 Å². The predicted octanol–water partition coefficient (Wildman–Crippen LogP) is 2.02. The summed E-state index contributed by atoms with van der Waals surface area (Å²) in [5, 5.41) is 2.95. The second-order valence-corrected chi connectivity index (χ2v) is 6.67. The van der Waals surface area contributed by atoms with Gasteiger partial charge < -0.3 is 19.7 Å². The molecule has 28 heavy (non-hydrogen) atoms. The minimum Gasteiger partial charge on any atom is -0.493 e. The van der Waals surface area contributed by atoms with Crippen LogP contribution in [0.1, 0.15) is 18.4 Å². The number of piperidine rings is 1. The summed E-state index contributed by atoms with van der Waals surface area (Å²) in [7, 11) is 1.56. The molecule has 1 aliphatic rings. The van der Waals surface area contributed by atoms with Crippen LogP contribution in [0, 0.1) is 5.92 Å². The second-order valence-electron chi connectivity index (χ2n) is 6.67. The van der Waals surface area contributed by atoms with Crippen LogP contribution in [0.15, 0.2) is 48.8 Å². The zero-order valence-corrected chi connectivity index (χ0v) is 16.0. The molecule has 1 aromatic carbocycles. The number of methoxy groups -OCH3 is 1. The van der Waals surface area contributed by atoms with Crippen LogP contribution in [0.5, 0.6) is 11.5 Å². The summed E-state index contributed by atoms with van der Waals surface area (Å²) in [5.41, 5.74) is 0.969. The molecule has 2 amide bonds. The van der Waals surface area contributed by atoms with Gasteiger partial charge in [0, 0.05) is 37.9 Å². The fourth-order valence-electron chi connectivity index (χ4n) is 3.20. The standard InChI is InChI=1S/C21H25N3O4/c1-27-18-6-2-3-7-19(18)28-15-20(25)24-11-8-17(9-12-24)21(26)23-14-16-5-4-10-22-13-16/h2-7,10,13,17H,8-9,11-12,14-15H2,1H3,(H,23,26). The number of aromatic nitrogens is 1. The normalized spacial score (nSPS) is 14.4. The third-order valence-corrected chi connectivity index (χ3v) is 4.83. The van der Waals surface area contributed by atoms with E-state index in [1.165, 1.54) is 0 Å². The Morgan fingerprint density at radius 1 is 1.14 bits per heavy atom. The zero-order valence-electron chi connectivity index (χ0n) is 16.0. The van der Waals surface area contributed by atoms with Crippen LogP contribution in [0.25, 0.3) is 0 Å². The van der Waals surface area contributed by atoms with E-state index in [9.17, 15) is 9.59 Å². The summed E-state index contributed by atoms with van der Waals surface area (Å²) in [4.78, 5) is 30.6. The molecular formula is C21H25N3O4. The quantitative estimate of drug-likeness (QED) is 0.791. The number of para-hydroxylation sites is 2. The zero-order chi connectivity index (χ0) is 19.8. The molecule has 2 aromatic rings. The Morgan fingerprint density at radius 2 is 1.89 bits per heavy atom. The van der Waals surface area contributed by atoms with Crippen LogP contribution in [0.2, 0.25) is 0 Å². The van der Waals surface area contributed by atoms with E-state index in [0.29, 0.717) is 44.0 Å². The third-order valence-electron chi connectivity index (χ3n) is 4.83. The summed E-state index contributed by atoms with van der Waals surface area (Å²) in [5.74, 6) is 1.01. The van der Waals surface area contributed by atoms with Crippen LogP contribution < -0.4 is 14.8 Å². The number of hydrogen-bond donors (Lipinski definition) is 1. The number of amides is 2. The van der Waals surface area contributed by atoms with Crippen molar-refractivity contribution in [1.82, 2.24) is 15.2 Å². The van der Waals surface area contributed by atoms with E-state index in [2.05, 4.69) is 10.3 Å². The maximum absolute atomic E-state index is 12.4. The van der Waals surface area contributed by atoms with Crippen LogP contribution in [0.3, 0.4) is 0 Å². The van der Waals surface area contributed by atoms with Crippen molar-refractivity contribution in [2.24, 2.45) is 5.92 Å². The molecule has 2 heterocycles. The molecule has 0 aliphatic carbocycles. The summed E-state index contributed by atoms with van der Waals surface area (Å²) in [6.07, 6.45) is 4.75. The van der Waals surface area contributed by atoms with Crippen molar-refractivity contribution in [3.8, 4) is 11.5 Å². The van der Waals surface area contributed by atoms with Gasteiger partial charge in [-0.05, 0) is 36.6 Å². The van der Waals surface area contributed by atoms with Gasteiger partial charge in [0.05, 0.1) is 7.11 Å². The Morgan fingerprint density at radius 3 is 2.57 bits per heavy atom. The number of carbonyl (C=O) groups excluding carboxylic acids is 2. The third kappa shape index (κ3) is 5.22. The fourth-order valence-corrected chi connectivity index (χ4v) is 3.20. The lowest BCUT2D eigenvalue weighted by atomic mass is 9.96. The highest BCUT2D eigenvalue weighted by Crippen LogP contribution is 2.26. The number of carbonyl (C=O) groups is 2. The molecule has 1 aromatic heterocycles. The average Bonchev–Trinajstić information content (AvgIpc) is 2.76. The Labute approximate surface area is 164 Å². The Bertz CT molecular complexity index is 789. The van der Waals surface area contributed by atoms with Crippen LogP contribution in [-0.4, -0.2) is 48.5 Å². The lowest BCUT2D eigenvalue weighted by Gasteiger charge is -2.31. The van der Waals surface area contributed by atoms with E-state index in [0.717, 1.165) is 5.56 Å². The number of rotatable bonds is 7. The first-order chi connectivity index (χ1) is 13.7. The number of nitrogens with zero attached hydrogens (tertiary/aromatic N) is 2. The topological polar surface area (TPSA) is 80.8 Å². The first kappa shape index (κ1) is 19.7. The van der Waals surface area contributed by atoms with Gasteiger partial charge in [-0.15, -0.1) is 0 Å². The molecule has 0 unspecified atom stereocenters. The largest absolute Gasteiger partial charge is 0.493 e. The number of pyridine rings is 1. The molecule has 1 fully saturated rings. The molecule has 0 saturated carbocycles. The highest BCUT2D eigenvalue weighted by Gasteiger charge is 2.27. The summed E-state index contributed by atoms with van der Waals surface area (Å²) >= 11 is 0. The van der Waals surface area contributed by atoms with Gasteiger partial charge >= 0.3 is 0 Å². The molecule has 0 atom stereocenters. The van der Waals surface area contributed by atoms with Gasteiger partial charge in [0.1, 0.15) is 0 Å². The SMILES string of the molecule is COc1ccccc1OCC(=O)N1CCC(C(=O)NCc2cccnc2)CC1. The first-order valence-electron chi connectivity index (χ1n) is 9.37. The second kappa shape index (κ2) is 9.73. The van der Waals surface area contributed by atoms with Gasteiger partial charge in [-0.2, -0.15) is 0 Å². The fraction of sp³-hybridized carbons (Fsp3) is 0.381. The monoisotopic (exact) mass is 383 g/mol. The van der Waals surface area contributed by atoms with Crippen LogP contribution in [-0.2, 0) is 16.1 Å². The van der Waals surface area contributed by atoms with Crippen LogP contribution >= 0.6 is 0 Å². The summed E-state index contributed by atoms with van der Waals surface area (Å²) < 4.78 is 10.8. The van der Waals surface area contributed by atoms with Crippen molar-refractivity contribution in [3.63, 3.8) is 0 Å². The average molecular weight is 383 g/mol. The number of likely N-dealkylation sites (tertiary alicyclic amines) is 1. The van der Waals surface area contributed by atoms with Crippen molar-refractivity contribution < 1.29 is 19.1 Å². The number of ether oxygens (including phenoxy) is 2. The minimum atomic E-state index is -0.0832. The molecule has 0 bridgehead atoms. The lowest BCUT2D eigenvalue weighted by Crippen LogP contribution is -2.44. The maximum atomic E-state index is 12.4. The van der Waals surface area contributed by atoms with Gasteiger partial charge in [0.2, 0.25) is 5.91 Å². The summed E-state index contributed by atoms with van der Waals surface area (Å²) in [6.45, 7) is 1.54. The highest BCUT2D eigenvalue weighted by molar-refractivity contribution is 5.80. The molecule has 0 radical (unpaired) electrons. The van der Waals surface area contributed by atoms with Crippen molar-refractivity contribution in [2.45, 2.75) is 19.4 Å². The lowest BCUT2D eigenvalue weighted by molar-refractivity contribution is -0.137. The minimum absolute atomic E-state index is 0.0289. The summed E-state index contributed by atoms with van der Waals surface area (Å²) in [6, 6.07) is 11.0. The van der Waals surface area contributed by atoms with E-state index in [4.69, 9.17) is 9.47 Å². The smallest absolute Gasteiger partial charge is 0.260 e. The molecule has 7 nitrogen and oxygen atoms in total. The highest BCUT2D eigenvalue weighted by atomic mass is 16.5. The van der Waals surface area contributed by atoms with Crippen molar-refractivity contribution in [3.05, 3.63) is 54.4 Å². The molecule has 148 valence electrons. The predicted molar refractivity (Wildman–Crippen MR) is 104 cm³/mol. The van der Waals surface area contributed by atoms with Crippen molar-refractivity contribution in [1.29, 1.82) is 0 Å². The molecule has 3 rings (SSSR count). The van der Waals surface area contributed by atoms with Gasteiger partial charge in [-0.1, -0.05) is 18.2 Å². The van der Waals surface area contributed by atoms with E-state index < -0.39 is 0 Å². The molecule has 1 N–H and O–H groups in total. The number of hydrogen-bond acceptors (Lipinski definition) is 5. The van der Waals surface area contributed by atoms with E-state index >= 15 is 0 Å². The molecule has 1 saturated heterocycles. The van der Waals surface area contributed by atoms with Gasteiger partial charge in [0.25, 0.3) is 5.91 Å². The van der Waals surface area contributed by atoms with Crippen LogP contribution in [0.4, 0.5) is 0 Å². The molecule has 7 heteroatoms. The van der Waals surface area contributed by atoms with Gasteiger partial charge in [-0.3, -0.25) is 14.6 Å². The number of benzene rings is 1. The van der Waals surface area contributed by atoms with E-state index in [1.807, 2.05) is 24.3 Å². The van der Waals surface area contributed by atoms with Crippen molar-refractivity contribution in [2.75, 3.05) is 26.8 Å². The van der Waals surface area contributed by atoms with E-state index in [1.54, 1.807) is 36.5 Å². The van der Waals surface area contributed by atoms with E-state index in [-0.39, 0.29) is 24.3 Å². The van der Waals surface area contributed by atoms with Gasteiger partial charge in [-0.25, -0.2) is 0 Å². The Kier molecular flexibility index (Phi) is 6.84.